The molecule has 1 aromatic carbocycles. The van der Waals surface area contributed by atoms with Crippen LogP contribution in [0.1, 0.15) is 11.4 Å². The van der Waals surface area contributed by atoms with E-state index in [0.717, 1.165) is 15.1 Å². The van der Waals surface area contributed by atoms with Gasteiger partial charge in [0, 0.05) is 17.5 Å². The lowest BCUT2D eigenvalue weighted by atomic mass is 10.2. The Hall–Kier alpha value is -1.13. The first-order valence-electron chi connectivity index (χ1n) is 6.32. The van der Waals surface area contributed by atoms with Crippen LogP contribution in [0.15, 0.2) is 41.0 Å². The summed E-state index contributed by atoms with van der Waals surface area (Å²) in [7, 11) is -4.69. The van der Waals surface area contributed by atoms with E-state index in [-0.39, 0.29) is 0 Å². The zero-order valence-electron chi connectivity index (χ0n) is 12.2. The topological polar surface area (TPSA) is 106 Å². The summed E-state index contributed by atoms with van der Waals surface area (Å²) in [4.78, 5) is 6.86. The van der Waals surface area contributed by atoms with Crippen LogP contribution in [0.4, 0.5) is 0 Å². The van der Waals surface area contributed by atoms with E-state index in [1.807, 2.05) is 6.92 Å². The van der Waals surface area contributed by atoms with Crippen LogP contribution in [0, 0.1) is 24.1 Å². The Morgan fingerprint density at radius 1 is 1.17 bits per heavy atom. The van der Waals surface area contributed by atoms with Crippen LogP contribution in [0.5, 0.6) is 0 Å². The second-order valence-electron chi connectivity index (χ2n) is 4.69. The molecule has 0 atom stereocenters. The number of hydrogen-bond acceptors (Lipinski definition) is 6. The molecule has 2 heterocycles. The van der Waals surface area contributed by atoms with Gasteiger partial charge in [0.1, 0.15) is 11.9 Å². The number of hydrogen-bond donors (Lipinski definition) is 1. The average molecular weight is 421 g/mol. The molecule has 0 amide bonds. The lowest BCUT2D eigenvalue weighted by Gasteiger charge is -2.03. The highest BCUT2D eigenvalue weighted by atomic mass is 79.9. The van der Waals surface area contributed by atoms with Crippen LogP contribution >= 0.6 is 27.3 Å². The predicted octanol–water partition coefficient (Wildman–Crippen LogP) is -0.196. The third-order valence-corrected chi connectivity index (χ3v) is 4.41. The van der Waals surface area contributed by atoms with Crippen molar-refractivity contribution < 1.29 is 33.3 Å². The fourth-order valence-electron chi connectivity index (χ4n) is 1.98. The molecule has 23 heavy (non-hydrogen) atoms. The van der Waals surface area contributed by atoms with Gasteiger partial charge in [0.05, 0.1) is 19.8 Å². The minimum absolute atomic E-state index is 1.05. The number of aromatic nitrogens is 2. The molecule has 0 radical (unpaired) electrons. The normalized spacial score (nSPS) is 11.3. The average Bonchev–Trinajstić information content (AvgIpc) is 2.81. The van der Waals surface area contributed by atoms with E-state index in [4.69, 9.17) is 18.6 Å². The summed E-state index contributed by atoms with van der Waals surface area (Å²) in [6.45, 7) is 4.14. The van der Waals surface area contributed by atoms with Crippen molar-refractivity contribution in [3.8, 4) is 10.4 Å². The highest BCUT2D eigenvalue weighted by Gasteiger charge is 2.15. The number of rotatable bonds is 1. The first kappa shape index (κ1) is 18.2. The van der Waals surface area contributed by atoms with Crippen molar-refractivity contribution in [1.29, 1.82) is 0 Å². The van der Waals surface area contributed by atoms with Crippen LogP contribution in [0.3, 0.4) is 0 Å². The number of halogens is 2. The predicted molar refractivity (Wildman–Crippen MR) is 80.1 cm³/mol. The summed E-state index contributed by atoms with van der Waals surface area (Å²) >= 11 is 5.18. The molecule has 0 fully saturated rings. The van der Waals surface area contributed by atoms with E-state index in [1.165, 1.54) is 16.1 Å². The summed E-state index contributed by atoms with van der Waals surface area (Å²) in [6.07, 6.45) is 2.16. The van der Waals surface area contributed by atoms with E-state index >= 15 is 0 Å². The van der Waals surface area contributed by atoms with Crippen molar-refractivity contribution in [3.05, 3.63) is 52.4 Å². The molecule has 0 saturated heterocycles. The van der Waals surface area contributed by atoms with Crippen LogP contribution in [0.2, 0.25) is 0 Å². The van der Waals surface area contributed by atoms with Gasteiger partial charge in [-0.25, -0.2) is 0 Å². The zero-order chi connectivity index (χ0) is 17.2. The Bertz CT molecular complexity index is 812. The monoisotopic (exact) mass is 419 g/mol. The second kappa shape index (κ2) is 7.18. The van der Waals surface area contributed by atoms with Gasteiger partial charge >= 0.3 is 4.96 Å². The first-order valence-corrected chi connectivity index (χ1v) is 9.19. The Kier molecular flexibility index (Phi) is 5.69. The summed E-state index contributed by atoms with van der Waals surface area (Å²) in [5.74, 6) is 0. The van der Waals surface area contributed by atoms with Gasteiger partial charge in [-0.15, -0.1) is 0 Å². The minimum atomic E-state index is -4.69. The van der Waals surface area contributed by atoms with Crippen molar-refractivity contribution >= 4 is 32.2 Å². The molecule has 0 aliphatic carbocycles. The van der Waals surface area contributed by atoms with Crippen LogP contribution in [0.25, 0.3) is 15.4 Å². The fourth-order valence-corrected chi connectivity index (χ4v) is 3.34. The van der Waals surface area contributed by atoms with Gasteiger partial charge in [-0.3, -0.25) is 0 Å². The van der Waals surface area contributed by atoms with Gasteiger partial charge in [-0.05, 0) is 40.9 Å². The largest absolute Gasteiger partial charge is 0.387 e. The number of fused-ring (bicyclic) bond motifs is 1. The van der Waals surface area contributed by atoms with Crippen LogP contribution in [-0.4, -0.2) is 9.64 Å². The molecule has 0 aliphatic rings. The molecule has 0 unspecified atom stereocenters. The van der Waals surface area contributed by atoms with E-state index < -0.39 is 10.2 Å². The lowest BCUT2D eigenvalue weighted by Crippen LogP contribution is -2.58. The Morgan fingerprint density at radius 3 is 2.30 bits per heavy atom. The van der Waals surface area contributed by atoms with E-state index in [1.54, 1.807) is 11.3 Å². The summed E-state index contributed by atoms with van der Waals surface area (Å²) in [5.41, 5.74) is 3.51. The maximum atomic E-state index is 8.60. The van der Waals surface area contributed by atoms with Crippen LogP contribution < -0.4 is 18.4 Å². The third kappa shape index (κ3) is 5.47. The number of benzene rings is 1. The summed E-state index contributed by atoms with van der Waals surface area (Å²) < 4.78 is 36.0. The Balaban J connectivity index is 0.000000338. The van der Waals surface area contributed by atoms with E-state index in [2.05, 4.69) is 68.8 Å². The molecule has 1 N–H and O–H groups in total. The molecule has 6 nitrogen and oxygen atoms in total. The molecule has 0 bridgehead atoms. The maximum absolute atomic E-state index is 8.60. The van der Waals surface area contributed by atoms with Crippen molar-refractivity contribution in [2.45, 2.75) is 13.8 Å². The van der Waals surface area contributed by atoms with Crippen molar-refractivity contribution in [2.75, 3.05) is 0 Å². The minimum Gasteiger partial charge on any atom is -0.190 e. The molecule has 122 valence electrons. The molecule has 0 aliphatic heterocycles. The van der Waals surface area contributed by atoms with Crippen molar-refractivity contribution in [3.63, 3.8) is 0 Å². The van der Waals surface area contributed by atoms with Gasteiger partial charge in [0.2, 0.25) is 0 Å². The van der Waals surface area contributed by atoms with Gasteiger partial charge in [-0.2, -0.15) is 18.4 Å². The second-order valence-corrected chi connectivity index (χ2v) is 7.41. The number of thiazole rings is 1. The molecule has 0 saturated carbocycles. The first-order chi connectivity index (χ1) is 10.6. The lowest BCUT2D eigenvalue weighted by molar-refractivity contribution is -1.92. The molecule has 9 heteroatoms. The van der Waals surface area contributed by atoms with Crippen molar-refractivity contribution in [2.24, 2.45) is 0 Å². The third-order valence-electron chi connectivity index (χ3n) is 2.85. The smallest absolute Gasteiger partial charge is 0.190 e. The standard InChI is InChI=1S/C14H12BrN2S.ClHO4/c1-9-7-10(2)17-8-13(18-14(17)16-9)11-3-5-12(15)6-4-11;2-1(3,4)5/h3-8H,1-2H3;(H,2,3,4,5)/q+1;. The van der Waals surface area contributed by atoms with Gasteiger partial charge in [0.25, 0.3) is 0 Å². The number of aryl methyl sites for hydroxylation is 2. The summed E-state index contributed by atoms with van der Waals surface area (Å²) in [6, 6.07) is 10.5. The summed E-state index contributed by atoms with van der Waals surface area (Å²) in [5, 5.41) is 0. The zero-order valence-corrected chi connectivity index (χ0v) is 15.4. The number of nitrogens with zero attached hydrogens (tertiary/aromatic N) is 2. The van der Waals surface area contributed by atoms with Crippen molar-refractivity contribution in [1.82, 2.24) is 4.98 Å². The van der Waals surface area contributed by atoms with Gasteiger partial charge in [0.15, 0.2) is 5.69 Å². The van der Waals surface area contributed by atoms with E-state index in [9.17, 15) is 0 Å². The molecule has 3 rings (SSSR count). The SMILES string of the molecule is Cc1cc(C)[n+]2cc(-c3ccc(Br)cc3)sc2n1.[O-][Cl+3]([O-])([O-])O. The molecule has 3 aromatic rings. The highest BCUT2D eigenvalue weighted by Crippen LogP contribution is 2.26. The molecular weight excluding hydrogens is 408 g/mol. The van der Waals surface area contributed by atoms with Crippen LogP contribution in [-0.2, 0) is 0 Å². The van der Waals surface area contributed by atoms with Gasteiger partial charge < -0.3 is 0 Å². The highest BCUT2D eigenvalue weighted by molar-refractivity contribution is 9.10. The molecule has 0 spiro atoms. The maximum Gasteiger partial charge on any atom is 0.387 e. The van der Waals surface area contributed by atoms with E-state index in [0.29, 0.717) is 0 Å². The Labute approximate surface area is 147 Å². The Morgan fingerprint density at radius 2 is 1.74 bits per heavy atom. The molecule has 2 aromatic heterocycles. The van der Waals surface area contributed by atoms with Gasteiger partial charge in [-0.1, -0.05) is 28.1 Å². The quantitative estimate of drug-likeness (QED) is 0.549. The molecular formula is C14H13BrClN2O4S+. The fraction of sp³-hybridized carbons (Fsp3) is 0.143.